The number of benzene rings is 1. The Bertz CT molecular complexity index is 950. The molecule has 1 amide bonds. The smallest absolute Gasteiger partial charge is 0.251 e. The predicted molar refractivity (Wildman–Crippen MR) is 124 cm³/mol. The lowest BCUT2D eigenvalue weighted by molar-refractivity contribution is -0.00575. The van der Waals surface area contributed by atoms with Crippen molar-refractivity contribution in [1.29, 1.82) is 0 Å². The maximum absolute atomic E-state index is 13.0. The highest BCUT2D eigenvalue weighted by molar-refractivity contribution is 5.94. The summed E-state index contributed by atoms with van der Waals surface area (Å²) < 4.78 is 11.0. The number of morpholine rings is 1. The van der Waals surface area contributed by atoms with Crippen LogP contribution < -0.4 is 10.2 Å². The molecule has 4 rings (SSSR count). The molecule has 1 aromatic heterocycles. The Morgan fingerprint density at radius 3 is 2.56 bits per heavy atom. The molecule has 0 saturated carbocycles. The molecule has 32 heavy (non-hydrogen) atoms. The molecule has 3 atom stereocenters. The standard InChI is InChI=1S/C25H34N4O3/c1-16-13-29(14-17(2)32-16)24-26-12-20-21(10-25(3,4)11-22(20)28-24)27-23(30)19-8-6-18(7-9-19)15-31-5/h6-9,12,16-17,21H,10-11,13-15H2,1-5H3,(H,27,30)/t16-,17-,21-/m1/s1. The monoisotopic (exact) mass is 438 g/mol. The van der Waals surface area contributed by atoms with Gasteiger partial charge in [-0.05, 0) is 49.8 Å². The number of carbonyl (C=O) groups excluding carboxylic acids is 1. The van der Waals surface area contributed by atoms with Crippen LogP contribution in [0.15, 0.2) is 30.5 Å². The van der Waals surface area contributed by atoms with E-state index in [1.807, 2.05) is 30.5 Å². The van der Waals surface area contributed by atoms with Gasteiger partial charge in [-0.3, -0.25) is 4.79 Å². The largest absolute Gasteiger partial charge is 0.380 e. The molecule has 1 aliphatic carbocycles. The fraction of sp³-hybridized carbons (Fsp3) is 0.560. The lowest BCUT2D eigenvalue weighted by Gasteiger charge is -2.38. The van der Waals surface area contributed by atoms with Crippen LogP contribution in [0.25, 0.3) is 0 Å². The van der Waals surface area contributed by atoms with Crippen molar-refractivity contribution in [3.05, 3.63) is 52.8 Å². The number of fused-ring (bicyclic) bond motifs is 1. The van der Waals surface area contributed by atoms with Crippen LogP contribution in [0.2, 0.25) is 0 Å². The molecular weight excluding hydrogens is 404 g/mol. The average Bonchev–Trinajstić information content (AvgIpc) is 2.72. The number of carbonyl (C=O) groups is 1. The van der Waals surface area contributed by atoms with Crippen LogP contribution in [0.5, 0.6) is 0 Å². The molecule has 7 nitrogen and oxygen atoms in total. The Kier molecular flexibility index (Phi) is 6.49. The summed E-state index contributed by atoms with van der Waals surface area (Å²) in [7, 11) is 1.66. The molecule has 1 fully saturated rings. The minimum absolute atomic E-state index is 0.0322. The summed E-state index contributed by atoms with van der Waals surface area (Å²) in [6.07, 6.45) is 3.92. The maximum Gasteiger partial charge on any atom is 0.251 e. The van der Waals surface area contributed by atoms with Gasteiger partial charge in [0.1, 0.15) is 0 Å². The number of amides is 1. The molecule has 172 valence electrons. The summed E-state index contributed by atoms with van der Waals surface area (Å²) in [5.74, 6) is 0.671. The SMILES string of the molecule is COCc1ccc(C(=O)N[C@@H]2CC(C)(C)Cc3nc(N4C[C@@H](C)O[C@H](C)C4)ncc32)cc1. The number of rotatable bonds is 5. The maximum atomic E-state index is 13.0. The van der Waals surface area contributed by atoms with Gasteiger partial charge in [-0.1, -0.05) is 26.0 Å². The number of anilines is 1. The Morgan fingerprint density at radius 2 is 1.91 bits per heavy atom. The second-order valence-electron chi connectivity index (χ2n) is 9.94. The van der Waals surface area contributed by atoms with Gasteiger partial charge in [0, 0.05) is 37.5 Å². The van der Waals surface area contributed by atoms with Gasteiger partial charge in [-0.25, -0.2) is 9.97 Å². The van der Waals surface area contributed by atoms with Crippen LogP contribution in [0.3, 0.4) is 0 Å². The molecule has 2 heterocycles. The minimum Gasteiger partial charge on any atom is -0.380 e. The van der Waals surface area contributed by atoms with Crippen LogP contribution in [-0.2, 0) is 22.5 Å². The number of methoxy groups -OCH3 is 1. The summed E-state index contributed by atoms with van der Waals surface area (Å²) in [4.78, 5) is 24.8. The molecule has 0 unspecified atom stereocenters. The zero-order chi connectivity index (χ0) is 22.9. The highest BCUT2D eigenvalue weighted by atomic mass is 16.5. The first-order chi connectivity index (χ1) is 15.2. The number of hydrogen-bond acceptors (Lipinski definition) is 6. The summed E-state index contributed by atoms with van der Waals surface area (Å²) in [5, 5.41) is 3.23. The summed E-state index contributed by atoms with van der Waals surface area (Å²) >= 11 is 0. The van der Waals surface area contributed by atoms with Gasteiger partial charge < -0.3 is 19.7 Å². The fourth-order valence-corrected chi connectivity index (χ4v) is 4.82. The molecular formula is C25H34N4O3. The molecule has 0 bridgehead atoms. The van der Waals surface area contributed by atoms with Crippen LogP contribution in [0, 0.1) is 5.41 Å². The highest BCUT2D eigenvalue weighted by Gasteiger charge is 2.35. The van der Waals surface area contributed by atoms with E-state index in [2.05, 4.69) is 42.9 Å². The number of nitrogens with zero attached hydrogens (tertiary/aromatic N) is 3. The van der Waals surface area contributed by atoms with Crippen LogP contribution >= 0.6 is 0 Å². The van der Waals surface area contributed by atoms with E-state index < -0.39 is 0 Å². The van der Waals surface area contributed by atoms with Gasteiger partial charge in [0.15, 0.2) is 0 Å². The second kappa shape index (κ2) is 9.16. The van der Waals surface area contributed by atoms with Crippen LogP contribution in [0.1, 0.15) is 67.3 Å². The van der Waals surface area contributed by atoms with E-state index in [4.69, 9.17) is 14.5 Å². The molecule has 0 radical (unpaired) electrons. The first-order valence-electron chi connectivity index (χ1n) is 11.4. The Labute approximate surface area is 190 Å². The van der Waals surface area contributed by atoms with E-state index in [0.717, 1.165) is 48.7 Å². The molecule has 1 saturated heterocycles. The van der Waals surface area contributed by atoms with Crippen LogP contribution in [-0.4, -0.2) is 48.3 Å². The van der Waals surface area contributed by atoms with E-state index in [9.17, 15) is 4.79 Å². The van der Waals surface area contributed by atoms with Gasteiger partial charge in [-0.2, -0.15) is 0 Å². The van der Waals surface area contributed by atoms with E-state index in [-0.39, 0.29) is 29.6 Å². The number of ether oxygens (including phenoxy) is 2. The van der Waals surface area contributed by atoms with Crippen molar-refractivity contribution >= 4 is 11.9 Å². The molecule has 1 aromatic carbocycles. The summed E-state index contributed by atoms with van der Waals surface area (Å²) in [5.41, 5.74) is 3.76. The number of hydrogen-bond donors (Lipinski definition) is 1. The fourth-order valence-electron chi connectivity index (χ4n) is 4.82. The van der Waals surface area contributed by atoms with Crippen LogP contribution in [0.4, 0.5) is 5.95 Å². The first-order valence-corrected chi connectivity index (χ1v) is 11.4. The van der Waals surface area contributed by atoms with E-state index in [1.165, 1.54) is 0 Å². The third-order valence-corrected chi connectivity index (χ3v) is 6.20. The molecule has 1 N–H and O–H groups in total. The third kappa shape index (κ3) is 5.10. The van der Waals surface area contributed by atoms with Gasteiger partial charge >= 0.3 is 0 Å². The quantitative estimate of drug-likeness (QED) is 0.767. The first kappa shape index (κ1) is 22.7. The molecule has 0 spiro atoms. The van der Waals surface area contributed by atoms with Crippen molar-refractivity contribution in [3.63, 3.8) is 0 Å². The van der Waals surface area contributed by atoms with E-state index in [1.54, 1.807) is 7.11 Å². The highest BCUT2D eigenvalue weighted by Crippen LogP contribution is 2.40. The zero-order valence-electron chi connectivity index (χ0n) is 19.7. The predicted octanol–water partition coefficient (Wildman–Crippen LogP) is 3.68. The lowest BCUT2D eigenvalue weighted by Crippen LogP contribution is -2.46. The van der Waals surface area contributed by atoms with Crippen molar-refractivity contribution in [2.45, 2.75) is 65.4 Å². The van der Waals surface area contributed by atoms with Gasteiger partial charge in [0.05, 0.1) is 30.6 Å². The molecule has 1 aliphatic heterocycles. The van der Waals surface area contributed by atoms with E-state index >= 15 is 0 Å². The number of aromatic nitrogens is 2. The summed E-state index contributed by atoms with van der Waals surface area (Å²) in [6.45, 7) is 10.7. The summed E-state index contributed by atoms with van der Waals surface area (Å²) in [6, 6.07) is 7.43. The van der Waals surface area contributed by atoms with E-state index in [0.29, 0.717) is 12.2 Å². The van der Waals surface area contributed by atoms with Gasteiger partial charge in [0.25, 0.3) is 5.91 Å². The molecule has 2 aliphatic rings. The normalized spacial score (nSPS) is 24.7. The Balaban J connectivity index is 1.55. The number of nitrogens with one attached hydrogen (secondary N) is 1. The van der Waals surface area contributed by atoms with Crippen molar-refractivity contribution in [2.24, 2.45) is 5.41 Å². The zero-order valence-corrected chi connectivity index (χ0v) is 19.7. The lowest BCUT2D eigenvalue weighted by atomic mass is 9.74. The Hall–Kier alpha value is -2.51. The molecule has 2 aromatic rings. The third-order valence-electron chi connectivity index (χ3n) is 6.20. The van der Waals surface area contributed by atoms with Crippen molar-refractivity contribution in [3.8, 4) is 0 Å². The van der Waals surface area contributed by atoms with Gasteiger partial charge in [0.2, 0.25) is 5.95 Å². The van der Waals surface area contributed by atoms with Gasteiger partial charge in [-0.15, -0.1) is 0 Å². The molecule has 7 heteroatoms. The topological polar surface area (TPSA) is 76.6 Å². The van der Waals surface area contributed by atoms with Crippen molar-refractivity contribution in [1.82, 2.24) is 15.3 Å². The van der Waals surface area contributed by atoms with Crippen molar-refractivity contribution in [2.75, 3.05) is 25.1 Å². The second-order valence-corrected chi connectivity index (χ2v) is 9.94. The minimum atomic E-state index is -0.114. The van der Waals surface area contributed by atoms with Crippen molar-refractivity contribution < 1.29 is 14.3 Å². The Morgan fingerprint density at radius 1 is 1.22 bits per heavy atom. The average molecular weight is 439 g/mol.